The van der Waals surface area contributed by atoms with E-state index in [9.17, 15) is 4.39 Å². The highest BCUT2D eigenvalue weighted by molar-refractivity contribution is 7.82. The summed E-state index contributed by atoms with van der Waals surface area (Å²) in [6.45, 7) is 0. The van der Waals surface area contributed by atoms with Crippen LogP contribution in [0.1, 0.15) is 0 Å². The predicted octanol–water partition coefficient (Wildman–Crippen LogP) is 2.73. The van der Waals surface area contributed by atoms with Crippen molar-refractivity contribution in [2.45, 2.75) is 0 Å². The minimum atomic E-state index is -0.476. The summed E-state index contributed by atoms with van der Waals surface area (Å²) in [5.74, 6) is -0.428. The minimum Gasteiger partial charge on any atom is -0.433 e. The molecule has 0 aliphatic rings. The molecule has 0 unspecified atom stereocenters. The molecule has 1 aromatic carbocycles. The molecule has 0 spiro atoms. The first-order valence-corrected chi connectivity index (χ1v) is 3.60. The van der Waals surface area contributed by atoms with Crippen molar-refractivity contribution in [2.75, 3.05) is 0 Å². The van der Waals surface area contributed by atoms with Crippen LogP contribution in [0.4, 0.5) is 4.39 Å². The van der Waals surface area contributed by atoms with Crippen LogP contribution >= 0.6 is 23.8 Å². The van der Waals surface area contributed by atoms with E-state index in [0.29, 0.717) is 0 Å². The average molecular weight is 191 g/mol. The molecule has 1 aromatic rings. The third-order valence-corrected chi connectivity index (χ3v) is 1.19. The van der Waals surface area contributed by atoms with Crippen LogP contribution in [-0.4, -0.2) is 4.51 Å². The van der Waals surface area contributed by atoms with E-state index in [-0.39, 0.29) is 10.3 Å². The van der Waals surface area contributed by atoms with E-state index in [2.05, 4.69) is 17.0 Å². The first-order valence-electron chi connectivity index (χ1n) is 2.82. The van der Waals surface area contributed by atoms with Gasteiger partial charge in [-0.15, -0.1) is 0 Å². The quantitative estimate of drug-likeness (QED) is 0.498. The Kier molecular flexibility index (Phi) is 2.79. The van der Waals surface area contributed by atoms with E-state index in [1.165, 1.54) is 12.1 Å². The monoisotopic (exact) mass is 190 g/mol. The highest BCUT2D eigenvalue weighted by atomic mass is 35.5. The number of ether oxygens (including phenoxy) is 1. The van der Waals surface area contributed by atoms with E-state index >= 15 is 0 Å². The van der Waals surface area contributed by atoms with Crippen LogP contribution in [0, 0.1) is 5.82 Å². The van der Waals surface area contributed by atoms with Crippen LogP contribution in [0.15, 0.2) is 24.3 Å². The van der Waals surface area contributed by atoms with Crippen LogP contribution in [-0.2, 0) is 0 Å². The maximum Gasteiger partial charge on any atom is 0.261 e. The molecule has 0 fully saturated rings. The Bertz CT molecular complexity index is 277. The molecule has 0 saturated carbocycles. The summed E-state index contributed by atoms with van der Waals surface area (Å²) in [5.41, 5.74) is 0. The fourth-order valence-electron chi connectivity index (χ4n) is 0.614. The van der Waals surface area contributed by atoms with Gasteiger partial charge in [-0.2, -0.15) is 0 Å². The zero-order valence-corrected chi connectivity index (χ0v) is 6.95. The molecular weight excluding hydrogens is 187 g/mol. The average Bonchev–Trinajstić information content (AvgIpc) is 1.93. The van der Waals surface area contributed by atoms with Crippen LogP contribution < -0.4 is 4.74 Å². The molecule has 0 heterocycles. The van der Waals surface area contributed by atoms with Gasteiger partial charge in [-0.05, 0) is 36.0 Å². The summed E-state index contributed by atoms with van der Waals surface area (Å²) >= 11 is 9.64. The molecule has 4 heteroatoms. The lowest BCUT2D eigenvalue weighted by Gasteiger charge is -2.00. The molecule has 0 atom stereocenters. The van der Waals surface area contributed by atoms with E-state index in [1.807, 2.05) is 0 Å². The third-order valence-electron chi connectivity index (χ3n) is 1.03. The molecule has 0 bridgehead atoms. The van der Waals surface area contributed by atoms with Crippen molar-refractivity contribution < 1.29 is 9.13 Å². The summed E-state index contributed by atoms with van der Waals surface area (Å²) in [4.78, 5) is 0. The Balaban J connectivity index is 2.86. The maximum absolute atomic E-state index is 12.7. The molecule has 58 valence electrons. The van der Waals surface area contributed by atoms with Crippen molar-refractivity contribution in [1.82, 2.24) is 0 Å². The molecule has 0 aliphatic carbocycles. The first-order chi connectivity index (χ1) is 5.20. The summed E-state index contributed by atoms with van der Waals surface area (Å²) in [7, 11) is 0. The standard InChI is InChI=1S/C7H4ClFOS/c8-7(11)10-6-4-2-1-3-5(6)9/h1-4H. The Morgan fingerprint density at radius 2 is 2.09 bits per heavy atom. The lowest BCUT2D eigenvalue weighted by atomic mass is 10.3. The van der Waals surface area contributed by atoms with Crippen molar-refractivity contribution in [3.63, 3.8) is 0 Å². The van der Waals surface area contributed by atoms with Crippen molar-refractivity contribution in [3.8, 4) is 5.75 Å². The summed E-state index contributed by atoms with van der Waals surface area (Å²) in [6, 6.07) is 5.90. The maximum atomic E-state index is 12.7. The minimum absolute atomic E-state index is 0.0486. The van der Waals surface area contributed by atoms with E-state index in [1.54, 1.807) is 12.1 Å². The van der Waals surface area contributed by atoms with Gasteiger partial charge < -0.3 is 4.74 Å². The number of hydrogen-bond acceptors (Lipinski definition) is 2. The number of para-hydroxylation sites is 1. The predicted molar refractivity (Wildman–Crippen MR) is 45.5 cm³/mol. The second-order valence-corrected chi connectivity index (χ2v) is 2.71. The van der Waals surface area contributed by atoms with Gasteiger partial charge >= 0.3 is 0 Å². The van der Waals surface area contributed by atoms with E-state index in [4.69, 9.17) is 11.6 Å². The molecular formula is C7H4ClFOS. The first kappa shape index (κ1) is 8.43. The Morgan fingerprint density at radius 3 is 2.64 bits per heavy atom. The van der Waals surface area contributed by atoms with Crippen LogP contribution in [0.3, 0.4) is 0 Å². The summed E-state index contributed by atoms with van der Waals surface area (Å²) in [6.07, 6.45) is 0. The van der Waals surface area contributed by atoms with Crippen LogP contribution in [0.2, 0.25) is 0 Å². The number of rotatable bonds is 1. The van der Waals surface area contributed by atoms with Gasteiger partial charge in [0, 0.05) is 0 Å². The van der Waals surface area contributed by atoms with Crippen molar-refractivity contribution in [1.29, 1.82) is 0 Å². The van der Waals surface area contributed by atoms with Gasteiger partial charge in [-0.25, -0.2) is 4.39 Å². The molecule has 1 nitrogen and oxygen atoms in total. The zero-order valence-electron chi connectivity index (χ0n) is 5.38. The number of benzene rings is 1. The summed E-state index contributed by atoms with van der Waals surface area (Å²) < 4.78 is 17.2. The Morgan fingerprint density at radius 1 is 1.45 bits per heavy atom. The largest absolute Gasteiger partial charge is 0.433 e. The summed E-state index contributed by atoms with van der Waals surface area (Å²) in [5, 5.41) is 0. The fraction of sp³-hybridized carbons (Fsp3) is 0. The van der Waals surface area contributed by atoms with Crippen molar-refractivity contribution in [3.05, 3.63) is 30.1 Å². The second kappa shape index (κ2) is 3.64. The highest BCUT2D eigenvalue weighted by Gasteiger charge is 2.01. The molecule has 0 aliphatic heterocycles. The molecule has 0 saturated heterocycles. The van der Waals surface area contributed by atoms with E-state index in [0.717, 1.165) is 0 Å². The molecule has 0 aromatic heterocycles. The van der Waals surface area contributed by atoms with Crippen LogP contribution in [0.25, 0.3) is 0 Å². The van der Waals surface area contributed by atoms with Gasteiger partial charge in [0.25, 0.3) is 4.51 Å². The normalized spacial score (nSPS) is 9.27. The molecule has 11 heavy (non-hydrogen) atoms. The van der Waals surface area contributed by atoms with Crippen molar-refractivity contribution >= 4 is 28.3 Å². The smallest absolute Gasteiger partial charge is 0.261 e. The lowest BCUT2D eigenvalue weighted by Crippen LogP contribution is -1.97. The lowest BCUT2D eigenvalue weighted by molar-refractivity contribution is 0.507. The Hall–Kier alpha value is -0.670. The topological polar surface area (TPSA) is 9.23 Å². The SMILES string of the molecule is Fc1ccccc1OC(=S)Cl. The Labute approximate surface area is 73.7 Å². The van der Waals surface area contributed by atoms with Gasteiger partial charge in [0.05, 0.1) is 0 Å². The van der Waals surface area contributed by atoms with Gasteiger partial charge in [0.15, 0.2) is 11.6 Å². The van der Waals surface area contributed by atoms with Crippen LogP contribution in [0.5, 0.6) is 5.75 Å². The van der Waals surface area contributed by atoms with Gasteiger partial charge in [-0.3, -0.25) is 0 Å². The van der Waals surface area contributed by atoms with Gasteiger partial charge in [-0.1, -0.05) is 12.1 Å². The fourth-order valence-corrected chi connectivity index (χ4v) is 0.787. The molecule has 0 N–H and O–H groups in total. The third kappa shape index (κ3) is 2.44. The molecule has 0 radical (unpaired) electrons. The number of thiocarbonyl (C=S) groups is 1. The molecule has 0 amide bonds. The van der Waals surface area contributed by atoms with E-state index < -0.39 is 5.82 Å². The zero-order chi connectivity index (χ0) is 8.27. The van der Waals surface area contributed by atoms with Gasteiger partial charge in [0.1, 0.15) is 0 Å². The van der Waals surface area contributed by atoms with Crippen molar-refractivity contribution in [2.24, 2.45) is 0 Å². The molecule has 1 rings (SSSR count). The van der Waals surface area contributed by atoms with Gasteiger partial charge in [0.2, 0.25) is 0 Å². The highest BCUT2D eigenvalue weighted by Crippen LogP contribution is 2.16. The second-order valence-electron chi connectivity index (χ2n) is 1.77. The number of halogens is 2. The number of hydrogen-bond donors (Lipinski definition) is 0.